The van der Waals surface area contributed by atoms with Crippen molar-refractivity contribution in [2.24, 2.45) is 0 Å². The van der Waals surface area contributed by atoms with Crippen molar-refractivity contribution in [2.75, 3.05) is 5.32 Å². The molecule has 0 aliphatic heterocycles. The van der Waals surface area contributed by atoms with Crippen LogP contribution in [0.15, 0.2) is 54.6 Å². The summed E-state index contributed by atoms with van der Waals surface area (Å²) < 4.78 is 7.06. The van der Waals surface area contributed by atoms with Crippen LogP contribution in [0.2, 0.25) is 5.02 Å². The van der Waals surface area contributed by atoms with Crippen LogP contribution >= 0.6 is 11.6 Å². The van der Waals surface area contributed by atoms with E-state index in [0.717, 1.165) is 5.69 Å². The fourth-order valence-electron chi connectivity index (χ4n) is 2.84. The molecule has 1 heterocycles. The third-order valence-electron chi connectivity index (χ3n) is 4.24. The smallest absolute Gasteiger partial charge is 0.342 e. The van der Waals surface area contributed by atoms with E-state index < -0.39 is 18.0 Å². The number of benzene rings is 2. The van der Waals surface area contributed by atoms with Crippen molar-refractivity contribution in [2.45, 2.75) is 26.9 Å². The van der Waals surface area contributed by atoms with Crippen molar-refractivity contribution < 1.29 is 14.3 Å². The SMILES string of the molecule is Cc1nn(-c2ccccc2)c(C)c1C(=O)O[C@@H](C)C(=O)Nc1cccc(Cl)c1. The Bertz CT molecular complexity index is 1010. The Labute approximate surface area is 168 Å². The Morgan fingerprint density at radius 2 is 1.82 bits per heavy atom. The number of aryl methyl sites for hydroxylation is 1. The average molecular weight is 398 g/mol. The molecular weight excluding hydrogens is 378 g/mol. The minimum atomic E-state index is -0.981. The van der Waals surface area contributed by atoms with Gasteiger partial charge in [0.15, 0.2) is 6.10 Å². The second kappa shape index (κ2) is 8.27. The molecule has 1 amide bonds. The van der Waals surface area contributed by atoms with Gasteiger partial charge in [0.2, 0.25) is 0 Å². The third kappa shape index (κ3) is 4.23. The van der Waals surface area contributed by atoms with Gasteiger partial charge >= 0.3 is 5.97 Å². The Morgan fingerprint density at radius 1 is 1.11 bits per heavy atom. The average Bonchev–Trinajstić information content (AvgIpc) is 2.96. The fraction of sp³-hybridized carbons (Fsp3) is 0.190. The van der Waals surface area contributed by atoms with Crippen molar-refractivity contribution in [3.63, 3.8) is 0 Å². The van der Waals surface area contributed by atoms with Crippen molar-refractivity contribution >= 4 is 29.2 Å². The second-order valence-electron chi connectivity index (χ2n) is 6.34. The highest BCUT2D eigenvalue weighted by molar-refractivity contribution is 6.30. The molecule has 0 saturated carbocycles. The van der Waals surface area contributed by atoms with Crippen molar-refractivity contribution in [3.8, 4) is 5.69 Å². The maximum atomic E-state index is 12.7. The van der Waals surface area contributed by atoms with Crippen LogP contribution in [-0.2, 0) is 9.53 Å². The zero-order chi connectivity index (χ0) is 20.3. The number of halogens is 1. The molecule has 1 atom stereocenters. The first kappa shape index (κ1) is 19.6. The Hall–Kier alpha value is -3.12. The molecule has 0 aliphatic carbocycles. The second-order valence-corrected chi connectivity index (χ2v) is 6.78. The number of hydrogen-bond acceptors (Lipinski definition) is 4. The lowest BCUT2D eigenvalue weighted by atomic mass is 10.2. The molecule has 1 N–H and O–H groups in total. The Morgan fingerprint density at radius 3 is 2.50 bits per heavy atom. The molecule has 3 aromatic rings. The van der Waals surface area contributed by atoms with E-state index in [2.05, 4.69) is 10.4 Å². The molecule has 0 saturated heterocycles. The minimum absolute atomic E-state index is 0.353. The molecule has 7 heteroatoms. The minimum Gasteiger partial charge on any atom is -0.449 e. The number of nitrogens with zero attached hydrogens (tertiary/aromatic N) is 2. The number of carbonyl (C=O) groups is 2. The van der Waals surface area contributed by atoms with E-state index in [9.17, 15) is 9.59 Å². The summed E-state index contributed by atoms with van der Waals surface area (Å²) in [6, 6.07) is 16.2. The lowest BCUT2D eigenvalue weighted by Gasteiger charge is -2.14. The molecule has 0 bridgehead atoms. The van der Waals surface area contributed by atoms with Crippen LogP contribution in [0.5, 0.6) is 0 Å². The van der Waals surface area contributed by atoms with Gasteiger partial charge in [0, 0.05) is 10.7 Å². The first-order chi connectivity index (χ1) is 13.4. The molecule has 0 fully saturated rings. The number of hydrogen-bond donors (Lipinski definition) is 1. The molecule has 1 aromatic heterocycles. The van der Waals surface area contributed by atoms with E-state index >= 15 is 0 Å². The van der Waals surface area contributed by atoms with Crippen LogP contribution < -0.4 is 5.32 Å². The summed E-state index contributed by atoms with van der Waals surface area (Å²) in [6.45, 7) is 5.05. The van der Waals surface area contributed by atoms with E-state index in [0.29, 0.717) is 27.7 Å². The first-order valence-corrected chi connectivity index (χ1v) is 9.13. The predicted molar refractivity (Wildman–Crippen MR) is 108 cm³/mol. The van der Waals surface area contributed by atoms with Gasteiger partial charge in [-0.15, -0.1) is 0 Å². The molecule has 0 unspecified atom stereocenters. The first-order valence-electron chi connectivity index (χ1n) is 8.76. The largest absolute Gasteiger partial charge is 0.449 e. The Kier molecular flexibility index (Phi) is 5.80. The summed E-state index contributed by atoms with van der Waals surface area (Å²) in [5.74, 6) is -1.03. The molecule has 0 spiro atoms. The monoisotopic (exact) mass is 397 g/mol. The number of amides is 1. The molecule has 0 radical (unpaired) electrons. The van der Waals surface area contributed by atoms with Crippen molar-refractivity contribution in [1.82, 2.24) is 9.78 Å². The summed E-state index contributed by atoms with van der Waals surface area (Å²) >= 11 is 5.91. The standard InChI is InChI=1S/C21H20ClN3O3/c1-13-19(14(2)25(24-13)18-10-5-4-6-11-18)21(27)28-15(3)20(26)23-17-9-7-8-16(22)12-17/h4-12,15H,1-3H3,(H,23,26)/t15-/m0/s1. The summed E-state index contributed by atoms with van der Waals surface area (Å²) in [4.78, 5) is 25.0. The van der Waals surface area contributed by atoms with E-state index in [4.69, 9.17) is 16.3 Å². The zero-order valence-electron chi connectivity index (χ0n) is 15.8. The van der Waals surface area contributed by atoms with E-state index in [-0.39, 0.29) is 0 Å². The van der Waals surface area contributed by atoms with Crippen LogP contribution in [0, 0.1) is 13.8 Å². The van der Waals surface area contributed by atoms with Crippen molar-refractivity contribution in [1.29, 1.82) is 0 Å². The quantitative estimate of drug-likeness (QED) is 0.650. The molecule has 6 nitrogen and oxygen atoms in total. The topological polar surface area (TPSA) is 73.2 Å². The highest BCUT2D eigenvalue weighted by Crippen LogP contribution is 2.20. The van der Waals surface area contributed by atoms with Crippen LogP contribution in [0.1, 0.15) is 28.7 Å². The van der Waals surface area contributed by atoms with Crippen molar-refractivity contribution in [3.05, 3.63) is 76.6 Å². The van der Waals surface area contributed by atoms with Gasteiger partial charge in [-0.3, -0.25) is 4.79 Å². The number of carbonyl (C=O) groups excluding carboxylic acids is 2. The fourth-order valence-corrected chi connectivity index (χ4v) is 3.03. The molecule has 3 rings (SSSR count). The highest BCUT2D eigenvalue weighted by Gasteiger charge is 2.25. The summed E-state index contributed by atoms with van der Waals surface area (Å²) in [6.07, 6.45) is -0.981. The van der Waals surface area contributed by atoms with E-state index in [1.54, 1.807) is 42.8 Å². The number of aromatic nitrogens is 2. The number of nitrogens with one attached hydrogen (secondary N) is 1. The Balaban J connectivity index is 1.74. The normalized spacial score (nSPS) is 11.7. The van der Waals surface area contributed by atoms with Crippen LogP contribution in [0.25, 0.3) is 5.69 Å². The zero-order valence-corrected chi connectivity index (χ0v) is 16.5. The molecule has 144 valence electrons. The third-order valence-corrected chi connectivity index (χ3v) is 4.48. The van der Waals surface area contributed by atoms with Gasteiger partial charge in [-0.2, -0.15) is 5.10 Å². The summed E-state index contributed by atoms with van der Waals surface area (Å²) in [7, 11) is 0. The molecule has 2 aromatic carbocycles. The molecule has 28 heavy (non-hydrogen) atoms. The van der Waals surface area contributed by atoms with Gasteiger partial charge in [-0.25, -0.2) is 9.48 Å². The van der Waals surface area contributed by atoms with Gasteiger partial charge < -0.3 is 10.1 Å². The van der Waals surface area contributed by atoms with Gasteiger partial charge in [-0.1, -0.05) is 35.9 Å². The number of anilines is 1. The number of ether oxygens (including phenoxy) is 1. The predicted octanol–water partition coefficient (Wildman–Crippen LogP) is 4.33. The van der Waals surface area contributed by atoms with E-state index in [1.165, 1.54) is 6.92 Å². The van der Waals surface area contributed by atoms with Gasteiger partial charge in [0.05, 0.1) is 17.1 Å². The summed E-state index contributed by atoms with van der Waals surface area (Å²) in [5, 5.41) is 7.61. The van der Waals surface area contributed by atoms with Gasteiger partial charge in [-0.05, 0) is 51.1 Å². The lowest BCUT2D eigenvalue weighted by molar-refractivity contribution is -0.123. The van der Waals surface area contributed by atoms with Crippen LogP contribution in [0.3, 0.4) is 0 Å². The molecular formula is C21H20ClN3O3. The molecule has 0 aliphatic rings. The number of rotatable bonds is 5. The maximum absolute atomic E-state index is 12.7. The maximum Gasteiger partial charge on any atom is 0.342 e. The highest BCUT2D eigenvalue weighted by atomic mass is 35.5. The van der Waals surface area contributed by atoms with Crippen LogP contribution in [0.4, 0.5) is 5.69 Å². The van der Waals surface area contributed by atoms with Gasteiger partial charge in [0.25, 0.3) is 5.91 Å². The van der Waals surface area contributed by atoms with Gasteiger partial charge in [0.1, 0.15) is 5.56 Å². The van der Waals surface area contributed by atoms with E-state index in [1.807, 2.05) is 30.3 Å². The number of para-hydroxylation sites is 1. The number of esters is 1. The lowest BCUT2D eigenvalue weighted by Crippen LogP contribution is -2.30. The van der Waals surface area contributed by atoms with Crippen LogP contribution in [-0.4, -0.2) is 27.8 Å². The summed E-state index contributed by atoms with van der Waals surface area (Å²) in [5.41, 5.74) is 2.91.